The monoisotopic (exact) mass is 397 g/mol. The lowest BCUT2D eigenvalue weighted by Crippen LogP contribution is -2.23. The smallest absolute Gasteiger partial charge is 0.227 e. The first-order valence-corrected chi connectivity index (χ1v) is 9.45. The van der Waals surface area contributed by atoms with Crippen molar-refractivity contribution >= 4 is 17.4 Å². The van der Waals surface area contributed by atoms with Gasteiger partial charge in [-0.25, -0.2) is 18.4 Å². The van der Waals surface area contributed by atoms with Crippen molar-refractivity contribution in [2.45, 2.75) is 33.2 Å². The molecular formula is C21H21F2N5O. The molecule has 0 spiro atoms. The van der Waals surface area contributed by atoms with Gasteiger partial charge >= 0.3 is 0 Å². The maximum absolute atomic E-state index is 14.1. The molecule has 0 radical (unpaired) electrons. The van der Waals surface area contributed by atoms with Gasteiger partial charge in [0.25, 0.3) is 0 Å². The van der Waals surface area contributed by atoms with Crippen LogP contribution in [0.5, 0.6) is 0 Å². The van der Waals surface area contributed by atoms with Gasteiger partial charge in [0.2, 0.25) is 5.91 Å². The number of benzene rings is 1. The molecule has 6 nitrogen and oxygen atoms in total. The van der Waals surface area contributed by atoms with Gasteiger partial charge in [-0.15, -0.1) is 0 Å². The summed E-state index contributed by atoms with van der Waals surface area (Å²) in [5, 5.41) is 7.65. The van der Waals surface area contributed by atoms with Crippen LogP contribution < -0.4 is 10.2 Å². The van der Waals surface area contributed by atoms with Crippen molar-refractivity contribution in [1.82, 2.24) is 14.8 Å². The summed E-state index contributed by atoms with van der Waals surface area (Å²) < 4.78 is 28.8. The third-order valence-corrected chi connectivity index (χ3v) is 5.16. The minimum absolute atomic E-state index is 0.124. The number of rotatable bonds is 5. The molecule has 4 rings (SSSR count). The number of hydrogen-bond donors (Lipinski definition) is 1. The lowest BCUT2D eigenvalue weighted by molar-refractivity contribution is -0.117. The number of nitrogens with one attached hydrogen (secondary N) is 1. The molecule has 1 aliphatic heterocycles. The maximum atomic E-state index is 14.1. The Morgan fingerprint density at radius 2 is 2.00 bits per heavy atom. The number of halogens is 2. The zero-order valence-corrected chi connectivity index (χ0v) is 16.2. The van der Waals surface area contributed by atoms with Crippen LogP contribution in [0.2, 0.25) is 0 Å². The summed E-state index contributed by atoms with van der Waals surface area (Å²) in [6.45, 7) is 4.87. The van der Waals surface area contributed by atoms with E-state index in [0.29, 0.717) is 18.8 Å². The summed E-state index contributed by atoms with van der Waals surface area (Å²) in [5.74, 6) is -0.497. The van der Waals surface area contributed by atoms with Crippen LogP contribution in [0.15, 0.2) is 36.5 Å². The summed E-state index contributed by atoms with van der Waals surface area (Å²) in [7, 11) is 0. The molecule has 0 aliphatic carbocycles. The van der Waals surface area contributed by atoms with Crippen molar-refractivity contribution in [1.29, 1.82) is 0 Å². The molecule has 1 N–H and O–H groups in total. The van der Waals surface area contributed by atoms with Crippen LogP contribution in [-0.2, 0) is 11.3 Å². The van der Waals surface area contributed by atoms with Crippen LogP contribution in [0, 0.1) is 25.5 Å². The molecule has 2 aromatic heterocycles. The summed E-state index contributed by atoms with van der Waals surface area (Å²) >= 11 is 0. The number of nitrogens with zero attached hydrogens (tertiary/aromatic N) is 4. The Morgan fingerprint density at radius 1 is 1.17 bits per heavy atom. The van der Waals surface area contributed by atoms with Gasteiger partial charge in [-0.05, 0) is 44.5 Å². The minimum Gasteiger partial charge on any atom is -0.366 e. The van der Waals surface area contributed by atoms with Crippen LogP contribution >= 0.6 is 0 Å². The number of carbonyl (C=O) groups is 1. The van der Waals surface area contributed by atoms with Gasteiger partial charge in [-0.2, -0.15) is 5.10 Å². The second-order valence-corrected chi connectivity index (χ2v) is 7.06. The highest BCUT2D eigenvalue weighted by Crippen LogP contribution is 2.23. The molecule has 1 fully saturated rings. The number of amides is 1. The first kappa shape index (κ1) is 19.0. The van der Waals surface area contributed by atoms with E-state index >= 15 is 0 Å². The van der Waals surface area contributed by atoms with E-state index in [-0.39, 0.29) is 11.6 Å². The van der Waals surface area contributed by atoms with E-state index in [1.165, 1.54) is 16.8 Å². The number of pyridine rings is 1. The van der Waals surface area contributed by atoms with E-state index in [1.54, 1.807) is 11.1 Å². The first-order chi connectivity index (χ1) is 13.9. The van der Waals surface area contributed by atoms with E-state index in [4.69, 9.17) is 0 Å². The second kappa shape index (κ2) is 7.62. The van der Waals surface area contributed by atoms with Crippen molar-refractivity contribution in [2.75, 3.05) is 16.8 Å². The molecule has 0 atom stereocenters. The zero-order valence-electron chi connectivity index (χ0n) is 16.2. The Hall–Kier alpha value is -3.29. The van der Waals surface area contributed by atoms with Crippen LogP contribution in [0.4, 0.5) is 20.3 Å². The average Bonchev–Trinajstić information content (AvgIpc) is 3.24. The molecule has 1 aliphatic rings. The minimum atomic E-state index is -0.663. The molecule has 150 valence electrons. The molecule has 0 saturated carbocycles. The zero-order chi connectivity index (χ0) is 20.5. The topological polar surface area (TPSA) is 63.1 Å². The molecule has 1 amide bonds. The molecule has 1 saturated heterocycles. The normalized spacial score (nSPS) is 13.9. The predicted octanol–water partition coefficient (Wildman–Crippen LogP) is 3.90. The number of aryl methyl sites for hydroxylation is 1. The SMILES string of the molecule is Cc1nn(-c2ccc(F)cc2F)c(C)c1CNc1ccc(N2CCCC2=O)cn1. The molecule has 8 heteroatoms. The molecule has 3 heterocycles. The van der Waals surface area contributed by atoms with Crippen molar-refractivity contribution in [3.63, 3.8) is 0 Å². The highest BCUT2D eigenvalue weighted by molar-refractivity contribution is 5.95. The van der Waals surface area contributed by atoms with Gasteiger partial charge < -0.3 is 10.2 Å². The van der Waals surface area contributed by atoms with Crippen LogP contribution in [0.25, 0.3) is 5.69 Å². The highest BCUT2D eigenvalue weighted by Gasteiger charge is 2.22. The van der Waals surface area contributed by atoms with E-state index in [1.807, 2.05) is 26.0 Å². The summed E-state index contributed by atoms with van der Waals surface area (Å²) in [6, 6.07) is 7.14. The van der Waals surface area contributed by atoms with Gasteiger partial charge in [0, 0.05) is 36.8 Å². The quantitative estimate of drug-likeness (QED) is 0.709. The van der Waals surface area contributed by atoms with Gasteiger partial charge in [0.15, 0.2) is 5.82 Å². The molecular weight excluding hydrogens is 376 g/mol. The van der Waals surface area contributed by atoms with E-state index < -0.39 is 11.6 Å². The van der Waals surface area contributed by atoms with Gasteiger partial charge in [-0.1, -0.05) is 0 Å². The van der Waals surface area contributed by atoms with E-state index in [2.05, 4.69) is 15.4 Å². The second-order valence-electron chi connectivity index (χ2n) is 7.06. The molecule has 0 bridgehead atoms. The Balaban J connectivity index is 1.50. The van der Waals surface area contributed by atoms with Crippen molar-refractivity contribution in [3.05, 3.63) is 65.1 Å². The fraction of sp³-hybridized carbons (Fsp3) is 0.286. The molecule has 29 heavy (non-hydrogen) atoms. The Morgan fingerprint density at radius 3 is 2.66 bits per heavy atom. The Kier molecular flexibility index (Phi) is 5.00. The van der Waals surface area contributed by atoms with Crippen LogP contribution in [0.1, 0.15) is 29.8 Å². The third-order valence-electron chi connectivity index (χ3n) is 5.16. The average molecular weight is 397 g/mol. The Labute approximate surface area is 167 Å². The number of aromatic nitrogens is 3. The lowest BCUT2D eigenvalue weighted by atomic mass is 10.2. The fourth-order valence-electron chi connectivity index (χ4n) is 3.57. The van der Waals surface area contributed by atoms with E-state index in [9.17, 15) is 13.6 Å². The first-order valence-electron chi connectivity index (χ1n) is 9.45. The van der Waals surface area contributed by atoms with Crippen LogP contribution in [0.3, 0.4) is 0 Å². The number of anilines is 2. The lowest BCUT2D eigenvalue weighted by Gasteiger charge is -2.15. The summed E-state index contributed by atoms with van der Waals surface area (Å²) in [5.41, 5.74) is 3.42. The standard InChI is InChI=1S/C21H21F2N5O/c1-13-17(14(2)28(26-13)19-7-5-15(22)10-18(19)23)12-25-20-8-6-16(11-24-20)27-9-3-4-21(27)29/h5-8,10-11H,3-4,9,12H2,1-2H3,(H,24,25). The van der Waals surface area contributed by atoms with Gasteiger partial charge in [-0.3, -0.25) is 4.79 Å². The summed E-state index contributed by atoms with van der Waals surface area (Å²) in [4.78, 5) is 18.0. The molecule has 0 unspecified atom stereocenters. The van der Waals surface area contributed by atoms with Gasteiger partial charge in [0.05, 0.1) is 17.6 Å². The fourth-order valence-corrected chi connectivity index (χ4v) is 3.57. The highest BCUT2D eigenvalue weighted by atomic mass is 19.1. The summed E-state index contributed by atoms with van der Waals surface area (Å²) in [6.07, 6.45) is 3.13. The Bertz CT molecular complexity index is 1060. The van der Waals surface area contributed by atoms with Crippen molar-refractivity contribution in [3.8, 4) is 5.69 Å². The molecule has 1 aromatic carbocycles. The van der Waals surface area contributed by atoms with Crippen molar-refractivity contribution < 1.29 is 13.6 Å². The predicted molar refractivity (Wildman–Crippen MR) is 106 cm³/mol. The van der Waals surface area contributed by atoms with Crippen molar-refractivity contribution in [2.24, 2.45) is 0 Å². The third kappa shape index (κ3) is 3.70. The number of hydrogen-bond acceptors (Lipinski definition) is 4. The number of carbonyl (C=O) groups excluding carboxylic acids is 1. The van der Waals surface area contributed by atoms with Gasteiger partial charge in [0.1, 0.15) is 17.3 Å². The maximum Gasteiger partial charge on any atom is 0.227 e. The van der Waals surface area contributed by atoms with E-state index in [0.717, 1.165) is 41.7 Å². The van der Waals surface area contributed by atoms with Crippen LogP contribution in [-0.4, -0.2) is 27.2 Å². The largest absolute Gasteiger partial charge is 0.366 e. The molecule has 3 aromatic rings.